The van der Waals surface area contributed by atoms with Gasteiger partial charge in [0.15, 0.2) is 17.2 Å². The number of aryl methyl sites for hydroxylation is 1. The molecule has 35 heavy (non-hydrogen) atoms. The first kappa shape index (κ1) is 22.3. The number of hydrogen-bond acceptors (Lipinski definition) is 9. The van der Waals surface area contributed by atoms with Gasteiger partial charge < -0.3 is 24.9 Å². The number of pyridine rings is 2. The highest BCUT2D eigenvalue weighted by molar-refractivity contribution is 5.97. The van der Waals surface area contributed by atoms with Crippen LogP contribution >= 0.6 is 0 Å². The third kappa shape index (κ3) is 4.60. The first-order valence-electron chi connectivity index (χ1n) is 11.2. The third-order valence-electron chi connectivity index (χ3n) is 5.78. The van der Waals surface area contributed by atoms with Gasteiger partial charge in [0.2, 0.25) is 11.4 Å². The van der Waals surface area contributed by atoms with E-state index in [4.69, 9.17) is 10.2 Å². The molecular formula is C24H24N8O3. The molecule has 0 aliphatic carbocycles. The minimum Gasteiger partial charge on any atom is -0.443 e. The Balaban J connectivity index is 1.44. The van der Waals surface area contributed by atoms with Crippen LogP contribution in [0.4, 0.5) is 11.6 Å². The van der Waals surface area contributed by atoms with E-state index in [-0.39, 0.29) is 35.2 Å². The summed E-state index contributed by atoms with van der Waals surface area (Å²) in [5.41, 5.74) is 7.76. The van der Waals surface area contributed by atoms with Gasteiger partial charge in [0, 0.05) is 38.0 Å². The van der Waals surface area contributed by atoms with E-state index in [1.807, 2.05) is 18.2 Å². The van der Waals surface area contributed by atoms with E-state index in [1.165, 1.54) is 23.1 Å². The molecule has 11 heteroatoms. The molecule has 0 atom stereocenters. The summed E-state index contributed by atoms with van der Waals surface area (Å²) in [5, 5.41) is 2.83. The van der Waals surface area contributed by atoms with Gasteiger partial charge in [-0.05, 0) is 31.0 Å². The smallest absolute Gasteiger partial charge is 0.274 e. The molecular weight excluding hydrogens is 448 g/mol. The minimum atomic E-state index is -0.492. The number of carbonyl (C=O) groups excluding carboxylic acids is 1. The number of nitrogens with one attached hydrogen (secondary N) is 1. The number of rotatable bonds is 6. The fraction of sp³-hybridized carbons (Fsp3) is 0.250. The highest BCUT2D eigenvalue weighted by Crippen LogP contribution is 2.29. The second-order valence-corrected chi connectivity index (χ2v) is 8.22. The summed E-state index contributed by atoms with van der Waals surface area (Å²) in [5.74, 6) is 0.542. The lowest BCUT2D eigenvalue weighted by atomic mass is 10.1. The molecule has 5 rings (SSSR count). The first-order valence-corrected chi connectivity index (χ1v) is 11.2. The van der Waals surface area contributed by atoms with Gasteiger partial charge in [-0.1, -0.05) is 6.07 Å². The zero-order chi connectivity index (χ0) is 24.4. The molecule has 0 radical (unpaired) electrons. The number of carbonyl (C=O) groups is 1. The standard InChI is InChI=1S/C24H24N8O3/c1-31-14-15(7-8-18(31)33)19-20(24-26-9-12-35-24)30-22(25)21(29-19)23(34)27-13-16-5-4-6-17(28-16)32-10-2-3-11-32/h4-9,12,14H,2-3,10-11,13H2,1H3,(H2,25,30)(H,27,34). The van der Waals surface area contributed by atoms with E-state index in [0.717, 1.165) is 37.4 Å². The van der Waals surface area contributed by atoms with Crippen molar-refractivity contribution < 1.29 is 9.21 Å². The highest BCUT2D eigenvalue weighted by Gasteiger charge is 2.22. The Labute approximate surface area is 200 Å². The maximum Gasteiger partial charge on any atom is 0.274 e. The third-order valence-corrected chi connectivity index (χ3v) is 5.78. The van der Waals surface area contributed by atoms with E-state index in [0.29, 0.717) is 11.3 Å². The van der Waals surface area contributed by atoms with E-state index in [9.17, 15) is 9.59 Å². The van der Waals surface area contributed by atoms with Crippen LogP contribution in [0, 0.1) is 0 Å². The highest BCUT2D eigenvalue weighted by atomic mass is 16.3. The van der Waals surface area contributed by atoms with Crippen molar-refractivity contribution in [2.45, 2.75) is 19.4 Å². The van der Waals surface area contributed by atoms with Crippen LogP contribution in [0.1, 0.15) is 29.0 Å². The number of oxazole rings is 1. The molecule has 11 nitrogen and oxygen atoms in total. The van der Waals surface area contributed by atoms with Crippen molar-refractivity contribution in [3.63, 3.8) is 0 Å². The molecule has 1 aliphatic rings. The summed E-state index contributed by atoms with van der Waals surface area (Å²) < 4.78 is 6.81. The van der Waals surface area contributed by atoms with Gasteiger partial charge in [0.25, 0.3) is 5.91 Å². The minimum absolute atomic E-state index is 0.0418. The van der Waals surface area contributed by atoms with Crippen LogP contribution in [0.3, 0.4) is 0 Å². The molecule has 0 bridgehead atoms. The zero-order valence-electron chi connectivity index (χ0n) is 19.1. The molecule has 0 spiro atoms. The fourth-order valence-electron chi connectivity index (χ4n) is 3.98. The van der Waals surface area contributed by atoms with Crippen molar-refractivity contribution in [2.75, 3.05) is 23.7 Å². The summed E-state index contributed by atoms with van der Waals surface area (Å²) in [7, 11) is 1.62. The molecule has 3 N–H and O–H groups in total. The average molecular weight is 473 g/mol. The fourth-order valence-corrected chi connectivity index (χ4v) is 3.98. The van der Waals surface area contributed by atoms with Crippen molar-refractivity contribution in [1.29, 1.82) is 0 Å². The van der Waals surface area contributed by atoms with Crippen LogP contribution in [0.25, 0.3) is 22.8 Å². The molecule has 4 aromatic rings. The zero-order valence-corrected chi connectivity index (χ0v) is 19.1. The van der Waals surface area contributed by atoms with Crippen molar-refractivity contribution in [2.24, 2.45) is 7.05 Å². The Morgan fingerprint density at radius 3 is 2.69 bits per heavy atom. The second-order valence-electron chi connectivity index (χ2n) is 8.22. The quantitative estimate of drug-likeness (QED) is 0.430. The summed E-state index contributed by atoms with van der Waals surface area (Å²) in [6.45, 7) is 2.18. The monoisotopic (exact) mass is 472 g/mol. The van der Waals surface area contributed by atoms with Crippen molar-refractivity contribution in [1.82, 2.24) is 29.8 Å². The van der Waals surface area contributed by atoms with Gasteiger partial charge in [-0.25, -0.2) is 19.9 Å². The Hall–Kier alpha value is -4.54. The van der Waals surface area contributed by atoms with Crippen LogP contribution in [-0.4, -0.2) is 43.5 Å². The van der Waals surface area contributed by atoms with Crippen LogP contribution in [-0.2, 0) is 13.6 Å². The van der Waals surface area contributed by atoms with Gasteiger partial charge in [-0.3, -0.25) is 9.59 Å². The molecule has 1 fully saturated rings. The summed E-state index contributed by atoms with van der Waals surface area (Å²) >= 11 is 0. The first-order chi connectivity index (χ1) is 17.0. The number of nitrogens with two attached hydrogens (primary N) is 1. The predicted octanol–water partition coefficient (Wildman–Crippen LogP) is 2.00. The van der Waals surface area contributed by atoms with Crippen molar-refractivity contribution >= 4 is 17.5 Å². The van der Waals surface area contributed by atoms with Gasteiger partial charge in [-0.15, -0.1) is 0 Å². The Morgan fingerprint density at radius 2 is 1.94 bits per heavy atom. The SMILES string of the molecule is Cn1cc(-c2nc(C(=O)NCc3cccc(N4CCCC4)n3)c(N)nc2-c2ncco2)ccc1=O. The Bertz CT molecular complexity index is 1430. The molecule has 0 aromatic carbocycles. The molecule has 1 aliphatic heterocycles. The van der Waals surface area contributed by atoms with Crippen LogP contribution < -0.4 is 21.5 Å². The van der Waals surface area contributed by atoms with Gasteiger partial charge in [0.05, 0.1) is 18.4 Å². The second kappa shape index (κ2) is 9.37. The number of amides is 1. The molecule has 0 unspecified atom stereocenters. The van der Waals surface area contributed by atoms with E-state index in [2.05, 4.69) is 30.2 Å². The topological polar surface area (TPSA) is 145 Å². The predicted molar refractivity (Wildman–Crippen MR) is 129 cm³/mol. The number of anilines is 2. The lowest BCUT2D eigenvalue weighted by Gasteiger charge is -2.17. The van der Waals surface area contributed by atoms with Crippen LogP contribution in [0.5, 0.6) is 0 Å². The average Bonchev–Trinajstić information content (AvgIpc) is 3.59. The number of nitrogens with zero attached hydrogens (tertiary/aromatic N) is 6. The lowest BCUT2D eigenvalue weighted by molar-refractivity contribution is 0.0946. The Morgan fingerprint density at radius 1 is 1.11 bits per heavy atom. The molecule has 5 heterocycles. The molecule has 0 saturated carbocycles. The lowest BCUT2D eigenvalue weighted by Crippen LogP contribution is -2.27. The normalized spacial score (nSPS) is 13.2. The summed E-state index contributed by atoms with van der Waals surface area (Å²) in [6, 6.07) is 8.77. The van der Waals surface area contributed by atoms with Crippen LogP contribution in [0.15, 0.2) is 58.2 Å². The van der Waals surface area contributed by atoms with E-state index in [1.54, 1.807) is 19.3 Å². The number of nitrogen functional groups attached to an aromatic ring is 1. The molecule has 178 valence electrons. The van der Waals surface area contributed by atoms with Crippen LogP contribution in [0.2, 0.25) is 0 Å². The number of hydrogen-bond donors (Lipinski definition) is 2. The van der Waals surface area contributed by atoms with Gasteiger partial charge in [0.1, 0.15) is 17.8 Å². The van der Waals surface area contributed by atoms with Gasteiger partial charge in [-0.2, -0.15) is 0 Å². The largest absolute Gasteiger partial charge is 0.443 e. The summed E-state index contributed by atoms with van der Waals surface area (Å²) in [6.07, 6.45) is 6.79. The number of aromatic nitrogens is 5. The molecule has 1 amide bonds. The van der Waals surface area contributed by atoms with Crippen molar-refractivity contribution in [3.8, 4) is 22.8 Å². The van der Waals surface area contributed by atoms with E-state index >= 15 is 0 Å². The van der Waals surface area contributed by atoms with Crippen molar-refractivity contribution in [3.05, 3.63) is 70.7 Å². The molecule has 4 aromatic heterocycles. The molecule has 1 saturated heterocycles. The Kier molecular flexibility index (Phi) is 5.96. The maximum absolute atomic E-state index is 13.1. The van der Waals surface area contributed by atoms with E-state index < -0.39 is 5.91 Å². The summed E-state index contributed by atoms with van der Waals surface area (Å²) in [4.78, 5) is 44.9. The maximum atomic E-state index is 13.1. The van der Waals surface area contributed by atoms with Gasteiger partial charge >= 0.3 is 0 Å².